The molecule has 1 aliphatic rings. The van der Waals surface area contributed by atoms with Gasteiger partial charge >= 0.3 is 6.03 Å². The predicted molar refractivity (Wildman–Crippen MR) is 82.4 cm³/mol. The first-order valence-electron chi connectivity index (χ1n) is 7.16. The van der Waals surface area contributed by atoms with E-state index < -0.39 is 0 Å². The molecule has 1 aliphatic heterocycles. The molecule has 0 saturated carbocycles. The lowest BCUT2D eigenvalue weighted by Gasteiger charge is -2.19. The average molecular weight is 299 g/mol. The second kappa shape index (κ2) is 6.80. The minimum absolute atomic E-state index is 0.257. The van der Waals surface area contributed by atoms with Gasteiger partial charge in [0, 0.05) is 36.6 Å². The smallest absolute Gasteiger partial charge is 0.319 e. The molecule has 0 atom stereocenters. The minimum Gasteiger partial charge on any atom is -0.486 e. The highest BCUT2D eigenvalue weighted by molar-refractivity contribution is 5.89. The number of anilines is 1. The molecular formula is C16H17N3O3. The molecule has 114 valence electrons. The Hall–Kier alpha value is -2.76. The second-order valence-corrected chi connectivity index (χ2v) is 4.81. The van der Waals surface area contributed by atoms with Crippen molar-refractivity contribution >= 4 is 11.7 Å². The van der Waals surface area contributed by atoms with Gasteiger partial charge in [0.05, 0.1) is 0 Å². The summed E-state index contributed by atoms with van der Waals surface area (Å²) in [5.41, 5.74) is 1.61. The Morgan fingerprint density at radius 1 is 1.14 bits per heavy atom. The summed E-state index contributed by atoms with van der Waals surface area (Å²) >= 11 is 0. The summed E-state index contributed by atoms with van der Waals surface area (Å²) in [6.45, 7) is 1.59. The zero-order valence-electron chi connectivity index (χ0n) is 12.0. The summed E-state index contributed by atoms with van der Waals surface area (Å²) in [6.07, 6.45) is 2.43. The zero-order valence-corrected chi connectivity index (χ0v) is 12.0. The fourth-order valence-corrected chi connectivity index (χ4v) is 2.15. The Labute approximate surface area is 128 Å². The molecule has 22 heavy (non-hydrogen) atoms. The number of benzene rings is 1. The van der Waals surface area contributed by atoms with Crippen LogP contribution in [0.15, 0.2) is 42.6 Å². The molecule has 0 saturated heterocycles. The van der Waals surface area contributed by atoms with Crippen molar-refractivity contribution in [1.29, 1.82) is 0 Å². The molecule has 2 N–H and O–H groups in total. The number of carbonyl (C=O) groups is 1. The van der Waals surface area contributed by atoms with Gasteiger partial charge in [0.1, 0.15) is 13.2 Å². The fourth-order valence-electron chi connectivity index (χ4n) is 2.15. The number of amides is 2. The van der Waals surface area contributed by atoms with Crippen LogP contribution in [0.4, 0.5) is 10.5 Å². The highest BCUT2D eigenvalue weighted by Crippen LogP contribution is 2.32. The maximum Gasteiger partial charge on any atom is 0.319 e. The van der Waals surface area contributed by atoms with Gasteiger partial charge in [-0.3, -0.25) is 4.98 Å². The maximum absolute atomic E-state index is 11.9. The SMILES string of the molecule is O=C(NCCc1ccccn1)Nc1ccc2c(c1)OCCO2. The van der Waals surface area contributed by atoms with Crippen molar-refractivity contribution in [1.82, 2.24) is 10.3 Å². The topological polar surface area (TPSA) is 72.5 Å². The van der Waals surface area contributed by atoms with E-state index in [0.717, 1.165) is 5.69 Å². The van der Waals surface area contributed by atoms with Crippen LogP contribution in [-0.4, -0.2) is 30.8 Å². The maximum atomic E-state index is 11.9. The van der Waals surface area contributed by atoms with Gasteiger partial charge in [-0.25, -0.2) is 4.79 Å². The Kier molecular flexibility index (Phi) is 4.38. The van der Waals surface area contributed by atoms with Gasteiger partial charge in [0.2, 0.25) is 0 Å². The molecule has 1 aromatic carbocycles. The van der Waals surface area contributed by atoms with E-state index in [9.17, 15) is 4.79 Å². The Bertz CT molecular complexity index is 646. The molecule has 3 rings (SSSR count). The van der Waals surface area contributed by atoms with Crippen LogP contribution in [0, 0.1) is 0 Å². The zero-order chi connectivity index (χ0) is 15.2. The lowest BCUT2D eigenvalue weighted by molar-refractivity contribution is 0.171. The quantitative estimate of drug-likeness (QED) is 0.908. The lowest BCUT2D eigenvalue weighted by atomic mass is 10.2. The van der Waals surface area contributed by atoms with E-state index in [1.54, 1.807) is 24.4 Å². The Balaban J connectivity index is 1.49. The molecule has 6 nitrogen and oxygen atoms in total. The molecule has 0 spiro atoms. The summed E-state index contributed by atoms with van der Waals surface area (Å²) in [5, 5.41) is 5.57. The van der Waals surface area contributed by atoms with Crippen molar-refractivity contribution in [2.24, 2.45) is 0 Å². The minimum atomic E-state index is -0.257. The van der Waals surface area contributed by atoms with Gasteiger partial charge in [-0.05, 0) is 24.3 Å². The molecule has 0 unspecified atom stereocenters. The van der Waals surface area contributed by atoms with Gasteiger partial charge < -0.3 is 20.1 Å². The summed E-state index contributed by atoms with van der Waals surface area (Å²) in [5.74, 6) is 1.35. The van der Waals surface area contributed by atoms with E-state index in [1.165, 1.54) is 0 Å². The summed E-state index contributed by atoms with van der Waals surface area (Å²) in [4.78, 5) is 16.1. The molecule has 2 heterocycles. The largest absolute Gasteiger partial charge is 0.486 e. The number of carbonyl (C=O) groups excluding carboxylic acids is 1. The summed E-state index contributed by atoms with van der Waals surface area (Å²) in [6, 6.07) is 10.8. The molecular weight excluding hydrogens is 282 g/mol. The van der Waals surface area contributed by atoms with E-state index in [0.29, 0.717) is 43.4 Å². The van der Waals surface area contributed by atoms with E-state index in [1.807, 2.05) is 18.2 Å². The number of fused-ring (bicyclic) bond motifs is 1. The third-order valence-corrected chi connectivity index (χ3v) is 3.19. The van der Waals surface area contributed by atoms with Crippen LogP contribution in [0.25, 0.3) is 0 Å². The van der Waals surface area contributed by atoms with Crippen LogP contribution in [-0.2, 0) is 6.42 Å². The van der Waals surface area contributed by atoms with E-state index in [2.05, 4.69) is 15.6 Å². The van der Waals surface area contributed by atoms with Gasteiger partial charge in [-0.2, -0.15) is 0 Å². The first-order valence-corrected chi connectivity index (χ1v) is 7.16. The molecule has 0 radical (unpaired) electrons. The molecule has 6 heteroatoms. The van der Waals surface area contributed by atoms with Crippen LogP contribution >= 0.6 is 0 Å². The number of hydrogen-bond acceptors (Lipinski definition) is 4. The number of nitrogens with zero attached hydrogens (tertiary/aromatic N) is 1. The molecule has 2 aromatic rings. The summed E-state index contributed by atoms with van der Waals surface area (Å²) < 4.78 is 10.9. The van der Waals surface area contributed by atoms with Crippen molar-refractivity contribution in [3.05, 3.63) is 48.3 Å². The fraction of sp³-hybridized carbons (Fsp3) is 0.250. The molecule has 0 aliphatic carbocycles. The number of hydrogen-bond donors (Lipinski definition) is 2. The number of aromatic nitrogens is 1. The Morgan fingerprint density at radius 2 is 2.00 bits per heavy atom. The number of ether oxygens (including phenoxy) is 2. The molecule has 0 bridgehead atoms. The molecule has 1 aromatic heterocycles. The number of rotatable bonds is 4. The standard InChI is InChI=1S/C16H17N3O3/c20-16(18-8-6-12-3-1-2-7-17-12)19-13-4-5-14-15(11-13)22-10-9-21-14/h1-5,7,11H,6,8-10H2,(H2,18,19,20). The van der Waals surface area contributed by atoms with E-state index >= 15 is 0 Å². The Morgan fingerprint density at radius 3 is 2.82 bits per heavy atom. The van der Waals surface area contributed by atoms with Gasteiger partial charge in [-0.15, -0.1) is 0 Å². The van der Waals surface area contributed by atoms with Crippen molar-refractivity contribution in [2.45, 2.75) is 6.42 Å². The monoisotopic (exact) mass is 299 g/mol. The molecule has 2 amide bonds. The predicted octanol–water partition coefficient (Wildman–Crippen LogP) is 2.22. The van der Waals surface area contributed by atoms with Crippen molar-refractivity contribution in [3.63, 3.8) is 0 Å². The third-order valence-electron chi connectivity index (χ3n) is 3.19. The third kappa shape index (κ3) is 3.66. The molecule has 0 fully saturated rings. The lowest BCUT2D eigenvalue weighted by Crippen LogP contribution is -2.30. The second-order valence-electron chi connectivity index (χ2n) is 4.81. The van der Waals surface area contributed by atoms with Crippen LogP contribution in [0.3, 0.4) is 0 Å². The number of nitrogens with one attached hydrogen (secondary N) is 2. The van der Waals surface area contributed by atoms with Crippen molar-refractivity contribution in [2.75, 3.05) is 25.1 Å². The highest BCUT2D eigenvalue weighted by atomic mass is 16.6. The number of pyridine rings is 1. The van der Waals surface area contributed by atoms with Crippen LogP contribution < -0.4 is 20.1 Å². The first-order chi connectivity index (χ1) is 10.8. The van der Waals surface area contributed by atoms with Crippen LogP contribution in [0.2, 0.25) is 0 Å². The number of urea groups is 1. The van der Waals surface area contributed by atoms with Gasteiger partial charge in [0.25, 0.3) is 0 Å². The summed E-state index contributed by atoms with van der Waals surface area (Å²) in [7, 11) is 0. The van der Waals surface area contributed by atoms with Gasteiger partial charge in [0.15, 0.2) is 11.5 Å². The van der Waals surface area contributed by atoms with Crippen molar-refractivity contribution < 1.29 is 14.3 Å². The van der Waals surface area contributed by atoms with Gasteiger partial charge in [-0.1, -0.05) is 6.07 Å². The van der Waals surface area contributed by atoms with E-state index in [-0.39, 0.29) is 6.03 Å². The van der Waals surface area contributed by atoms with Crippen LogP contribution in [0.5, 0.6) is 11.5 Å². The van der Waals surface area contributed by atoms with Crippen LogP contribution in [0.1, 0.15) is 5.69 Å². The average Bonchev–Trinajstić information content (AvgIpc) is 2.56. The normalized spacial score (nSPS) is 12.5. The van der Waals surface area contributed by atoms with Crippen molar-refractivity contribution in [3.8, 4) is 11.5 Å². The highest BCUT2D eigenvalue weighted by Gasteiger charge is 2.12. The van der Waals surface area contributed by atoms with E-state index in [4.69, 9.17) is 9.47 Å². The first kappa shape index (κ1) is 14.2.